The molecule has 0 aromatic carbocycles. The minimum atomic E-state index is -3.82. The van der Waals surface area contributed by atoms with E-state index in [1.165, 1.54) is 52.0 Å². The highest BCUT2D eigenvalue weighted by Crippen LogP contribution is 2.15. The van der Waals surface area contributed by atoms with Gasteiger partial charge < -0.3 is 46.5 Å². The molecule has 67 heavy (non-hydrogen) atoms. The topological polar surface area (TPSA) is 317 Å². The van der Waals surface area contributed by atoms with Crippen LogP contribution in [-0.2, 0) is 59.2 Å². The Bertz CT molecular complexity index is 1760. The first-order chi connectivity index (χ1) is 32.4. The molecule has 0 spiro atoms. The molecule has 23 heteroatoms. The summed E-state index contributed by atoms with van der Waals surface area (Å²) in [5.41, 5.74) is 6.39. The molecule has 8 N–H and O–H groups in total. The van der Waals surface area contributed by atoms with Crippen molar-refractivity contribution in [1.82, 2.24) is 47.2 Å². The van der Waals surface area contributed by atoms with Crippen molar-refractivity contribution in [2.24, 2.45) is 10.7 Å². The number of rotatable bonds is 42. The number of aliphatic imine (C=N–C) groups is 1. The standard InChI is InChI=1S/C44H77N11O11S/c1-3-4-21-36(42(59)46-2)50-44(61)38(29-45)51-43(60)37(28-34-19-18-23-47-34)49-41(58)31-65-27-26-64-25-24-48-40(57)30-66-33-67(62,63)32-35(56)20-16-14-12-10-8-6-5-7-9-11-13-15-17-22-39-52-54-55-53-39/h19,23,36-38H,3-18,20-22,24-33,45H2,1-2H3,(H,46,59)(H,48,57)(H,49,58)(H,50,61)(H,51,60)(H,52,53,54,55)/t36-,37-,38-/m0/s1. The van der Waals surface area contributed by atoms with Crippen molar-refractivity contribution in [2.45, 2.75) is 153 Å². The van der Waals surface area contributed by atoms with Crippen LogP contribution in [-0.4, -0.2) is 154 Å². The Hall–Kier alpha value is -4.71. The minimum Gasteiger partial charge on any atom is -0.377 e. The Kier molecular flexibility index (Phi) is 31.7. The number of nitrogens with two attached hydrogens (primary N) is 1. The van der Waals surface area contributed by atoms with Crippen LogP contribution >= 0.6 is 0 Å². The smallest absolute Gasteiger partial charge is 0.246 e. The van der Waals surface area contributed by atoms with E-state index < -0.39 is 76.5 Å². The summed E-state index contributed by atoms with van der Waals surface area (Å²) in [6.45, 7) is 1.08. The molecule has 0 fully saturated rings. The van der Waals surface area contributed by atoms with Crippen molar-refractivity contribution in [2.75, 3.05) is 64.9 Å². The average Bonchev–Trinajstić information content (AvgIpc) is 4.03. The summed E-state index contributed by atoms with van der Waals surface area (Å²) in [4.78, 5) is 80.0. The Morgan fingerprint density at radius 3 is 1.99 bits per heavy atom. The van der Waals surface area contributed by atoms with E-state index in [4.69, 9.17) is 19.9 Å². The van der Waals surface area contributed by atoms with Gasteiger partial charge in [0, 0.05) is 57.7 Å². The van der Waals surface area contributed by atoms with Crippen molar-refractivity contribution in [3.63, 3.8) is 0 Å². The first-order valence-electron chi connectivity index (χ1n) is 23.8. The Labute approximate surface area is 395 Å². The van der Waals surface area contributed by atoms with Gasteiger partial charge in [-0.05, 0) is 19.3 Å². The molecule has 1 aliphatic rings. The van der Waals surface area contributed by atoms with E-state index in [1.54, 1.807) is 12.3 Å². The molecule has 0 aliphatic carbocycles. The lowest BCUT2D eigenvalue weighted by molar-refractivity contribution is -0.134. The van der Waals surface area contributed by atoms with Crippen LogP contribution in [0.15, 0.2) is 16.8 Å². The second kappa shape index (κ2) is 36.3. The Balaban J connectivity index is 1.50. The summed E-state index contributed by atoms with van der Waals surface area (Å²) in [6.07, 6.45) is 21.6. The van der Waals surface area contributed by atoms with Gasteiger partial charge >= 0.3 is 0 Å². The lowest BCUT2D eigenvalue weighted by Crippen LogP contribution is -2.58. The number of sulfone groups is 1. The molecular weight excluding hydrogens is 891 g/mol. The van der Waals surface area contributed by atoms with Gasteiger partial charge in [0.2, 0.25) is 29.5 Å². The lowest BCUT2D eigenvalue weighted by atomic mass is 10.0. The van der Waals surface area contributed by atoms with Crippen LogP contribution in [0.1, 0.15) is 135 Å². The number of aromatic nitrogens is 4. The molecule has 0 radical (unpaired) electrons. The van der Waals surface area contributed by atoms with Gasteiger partial charge in [0.05, 0.1) is 19.8 Å². The number of allylic oxidation sites excluding steroid dienone is 1. The molecule has 0 saturated heterocycles. The van der Waals surface area contributed by atoms with Crippen LogP contribution in [0.5, 0.6) is 0 Å². The number of hydrogen-bond acceptors (Lipinski definition) is 16. The maximum absolute atomic E-state index is 13.3. The highest BCUT2D eigenvalue weighted by molar-refractivity contribution is 7.91. The third kappa shape index (κ3) is 28.9. The molecular formula is C44H77N11O11S. The van der Waals surface area contributed by atoms with Crippen LogP contribution in [0, 0.1) is 0 Å². The second-order valence-electron chi connectivity index (χ2n) is 16.5. The average molecular weight is 968 g/mol. The fraction of sp³-hybridized carbons (Fsp3) is 0.773. The number of tetrazole rings is 1. The molecule has 0 saturated carbocycles. The zero-order chi connectivity index (χ0) is 49.0. The van der Waals surface area contributed by atoms with Gasteiger partial charge in [0.25, 0.3) is 0 Å². The van der Waals surface area contributed by atoms with E-state index in [9.17, 15) is 37.2 Å². The number of likely N-dealkylation sites (N-methyl/N-ethyl adjacent to an activating group) is 1. The summed E-state index contributed by atoms with van der Waals surface area (Å²) in [5.74, 6) is -3.77. The van der Waals surface area contributed by atoms with Gasteiger partial charge in [-0.25, -0.2) is 8.42 Å². The predicted octanol–water partition coefficient (Wildman–Crippen LogP) is 1.41. The summed E-state index contributed by atoms with van der Waals surface area (Å²) in [6, 6.07) is -3.07. The number of ether oxygens (including phenoxy) is 3. The quantitative estimate of drug-likeness (QED) is 0.0456. The van der Waals surface area contributed by atoms with E-state index in [0.717, 1.165) is 50.8 Å². The fourth-order valence-corrected chi connectivity index (χ4v) is 8.04. The summed E-state index contributed by atoms with van der Waals surface area (Å²) >= 11 is 0. The number of nitrogens with one attached hydrogen (secondary N) is 6. The number of amides is 5. The van der Waals surface area contributed by atoms with Gasteiger partial charge in [-0.1, -0.05) is 102 Å². The molecule has 380 valence electrons. The number of hydrogen-bond donors (Lipinski definition) is 7. The highest BCUT2D eigenvalue weighted by atomic mass is 32.2. The van der Waals surface area contributed by atoms with Gasteiger partial charge in [0.15, 0.2) is 15.7 Å². The number of carbonyl (C=O) groups excluding carboxylic acids is 6. The first kappa shape index (κ1) is 58.4. The molecule has 1 aromatic rings. The van der Waals surface area contributed by atoms with Crippen LogP contribution in [0.4, 0.5) is 0 Å². The molecule has 1 aliphatic heterocycles. The number of aryl methyl sites for hydroxylation is 1. The molecule has 3 atom stereocenters. The van der Waals surface area contributed by atoms with Gasteiger partial charge in [0.1, 0.15) is 48.8 Å². The molecule has 5 amide bonds. The van der Waals surface area contributed by atoms with Gasteiger partial charge in [-0.3, -0.25) is 33.8 Å². The van der Waals surface area contributed by atoms with Crippen molar-refractivity contribution in [3.05, 3.63) is 17.6 Å². The number of Topliss-reactive ketones (excluding diaryl/α,β-unsaturated/α-hetero) is 1. The second-order valence-corrected chi connectivity index (χ2v) is 18.5. The Morgan fingerprint density at radius 2 is 1.37 bits per heavy atom. The third-order valence-electron chi connectivity index (χ3n) is 10.7. The largest absolute Gasteiger partial charge is 0.377 e. The maximum atomic E-state index is 13.3. The van der Waals surface area contributed by atoms with E-state index in [1.807, 2.05) is 6.92 Å². The molecule has 0 unspecified atom stereocenters. The van der Waals surface area contributed by atoms with Gasteiger partial charge in [-0.15, -0.1) is 10.2 Å². The normalized spacial score (nSPS) is 13.6. The van der Waals surface area contributed by atoms with E-state index in [2.05, 4.69) is 52.2 Å². The minimum absolute atomic E-state index is 0.0150. The van der Waals surface area contributed by atoms with Crippen molar-refractivity contribution in [3.8, 4) is 0 Å². The zero-order valence-corrected chi connectivity index (χ0v) is 40.5. The van der Waals surface area contributed by atoms with Gasteiger partial charge in [-0.2, -0.15) is 5.21 Å². The van der Waals surface area contributed by atoms with E-state index in [-0.39, 0.29) is 57.4 Å². The zero-order valence-electron chi connectivity index (χ0n) is 39.7. The van der Waals surface area contributed by atoms with E-state index in [0.29, 0.717) is 31.4 Å². The van der Waals surface area contributed by atoms with Crippen LogP contribution < -0.4 is 32.3 Å². The monoisotopic (exact) mass is 968 g/mol. The summed E-state index contributed by atoms with van der Waals surface area (Å²) in [5, 5.41) is 26.9. The summed E-state index contributed by atoms with van der Waals surface area (Å²) < 4.78 is 40.5. The third-order valence-corrected chi connectivity index (χ3v) is 12.0. The number of ketones is 1. The lowest BCUT2D eigenvalue weighted by Gasteiger charge is -2.24. The van der Waals surface area contributed by atoms with E-state index >= 15 is 0 Å². The van der Waals surface area contributed by atoms with Crippen molar-refractivity contribution < 1.29 is 51.4 Å². The summed E-state index contributed by atoms with van der Waals surface area (Å²) in [7, 11) is -2.35. The highest BCUT2D eigenvalue weighted by Gasteiger charge is 2.29. The molecule has 2 rings (SSSR count). The van der Waals surface area contributed by atoms with Crippen LogP contribution in [0.25, 0.3) is 0 Å². The number of unbranched alkanes of at least 4 members (excludes halogenated alkanes) is 13. The van der Waals surface area contributed by atoms with Crippen LogP contribution in [0.2, 0.25) is 0 Å². The number of H-pyrrole nitrogens is 1. The fourth-order valence-electron chi connectivity index (χ4n) is 6.99. The molecule has 2 heterocycles. The predicted molar refractivity (Wildman–Crippen MR) is 251 cm³/mol. The molecule has 22 nitrogen and oxygen atoms in total. The van der Waals surface area contributed by atoms with Crippen LogP contribution in [0.3, 0.4) is 0 Å². The number of carbonyl (C=O) groups is 6. The Morgan fingerprint density at radius 1 is 0.746 bits per heavy atom. The van der Waals surface area contributed by atoms with Crippen molar-refractivity contribution in [1.29, 1.82) is 0 Å². The number of nitrogens with zero attached hydrogens (tertiary/aromatic N) is 4. The maximum Gasteiger partial charge on any atom is 0.246 e. The number of aromatic amines is 1. The van der Waals surface area contributed by atoms with Crippen molar-refractivity contribution >= 4 is 51.4 Å². The molecule has 0 bridgehead atoms. The SMILES string of the molecule is CCCC[C@H](NC(=O)[C@H](CN)NC(=O)[C@H](CC1=CCC=N1)NC(=O)COCCOCCNC(=O)COCS(=O)(=O)CC(=O)CCCCCCCCCCCCCCCc1nn[nH]n1)C(=O)NC. The first-order valence-corrected chi connectivity index (χ1v) is 25.7. The molecule has 1 aromatic heterocycles.